The number of morpholine rings is 1. The summed E-state index contributed by atoms with van der Waals surface area (Å²) in [5.74, 6) is -0.971. The number of nitrogens with one attached hydrogen (secondary N) is 1. The smallest absolute Gasteiger partial charge is 0.374 e. The number of alkyl halides is 5. The highest BCUT2D eigenvalue weighted by molar-refractivity contribution is 5.79. The van der Waals surface area contributed by atoms with E-state index in [1.807, 2.05) is 4.90 Å². The van der Waals surface area contributed by atoms with E-state index in [4.69, 9.17) is 4.74 Å². The molecule has 2 aromatic heterocycles. The molecule has 5 rings (SSSR count). The van der Waals surface area contributed by atoms with Gasteiger partial charge in [0.1, 0.15) is 11.6 Å². The lowest BCUT2D eigenvalue weighted by molar-refractivity contribution is -0.141. The number of nitrogens with zero attached hydrogens (tertiary/aromatic N) is 5. The number of hydrogen-bond acceptors (Lipinski definition) is 7. The van der Waals surface area contributed by atoms with E-state index in [1.165, 1.54) is 0 Å². The van der Waals surface area contributed by atoms with E-state index in [0.29, 0.717) is 31.2 Å². The van der Waals surface area contributed by atoms with Crippen molar-refractivity contribution in [2.75, 3.05) is 36.5 Å². The number of pyridine rings is 1. The van der Waals surface area contributed by atoms with E-state index in [9.17, 15) is 26.7 Å². The molecule has 2 aromatic rings. The second kappa shape index (κ2) is 8.60. The van der Waals surface area contributed by atoms with Crippen LogP contribution in [-0.4, -0.2) is 70.6 Å². The summed E-state index contributed by atoms with van der Waals surface area (Å²) in [6.45, 7) is 1.36. The van der Waals surface area contributed by atoms with Crippen LogP contribution in [0.3, 0.4) is 0 Å². The molecule has 2 bridgehead atoms. The molecule has 3 aliphatic rings. The van der Waals surface area contributed by atoms with Crippen molar-refractivity contribution in [1.82, 2.24) is 19.9 Å². The number of hydrogen-bond donors (Lipinski definition) is 1. The Hall–Kier alpha value is -3.09. The van der Waals surface area contributed by atoms with Crippen molar-refractivity contribution in [3.63, 3.8) is 0 Å². The van der Waals surface area contributed by atoms with Crippen LogP contribution < -0.4 is 10.2 Å². The molecule has 0 aromatic carbocycles. The maximum absolute atomic E-state index is 13.1. The minimum absolute atomic E-state index is 0.0439. The number of amides is 1. The van der Waals surface area contributed by atoms with E-state index in [2.05, 4.69) is 20.3 Å². The Morgan fingerprint density at radius 2 is 2.00 bits per heavy atom. The molecular weight excluding hydrogens is 463 g/mol. The van der Waals surface area contributed by atoms with Crippen LogP contribution in [-0.2, 0) is 15.7 Å². The normalized spacial score (nSPS) is 24.4. The first-order valence-electron chi connectivity index (χ1n) is 10.8. The maximum Gasteiger partial charge on any atom is 0.416 e. The Balaban J connectivity index is 1.44. The largest absolute Gasteiger partial charge is 0.416 e. The highest BCUT2D eigenvalue weighted by Crippen LogP contribution is 2.35. The third-order valence-corrected chi connectivity index (χ3v) is 6.34. The van der Waals surface area contributed by atoms with Crippen LogP contribution in [0.25, 0.3) is 0 Å². The van der Waals surface area contributed by atoms with Gasteiger partial charge < -0.3 is 19.9 Å². The SMILES string of the molecule is O=C(C(F)F)N1CCC(c2cc(Nc3cc(C(F)(F)F)ccn3)nc(N3CC4CC3CO4)n2)C1. The van der Waals surface area contributed by atoms with Crippen molar-refractivity contribution < 1.29 is 31.5 Å². The van der Waals surface area contributed by atoms with Gasteiger partial charge in [0.15, 0.2) is 0 Å². The molecule has 34 heavy (non-hydrogen) atoms. The molecule has 3 atom stereocenters. The lowest BCUT2D eigenvalue weighted by atomic mass is 10.0. The van der Waals surface area contributed by atoms with Crippen LogP contribution in [0.4, 0.5) is 39.5 Å². The molecule has 1 N–H and O–H groups in total. The minimum Gasteiger partial charge on any atom is -0.374 e. The monoisotopic (exact) mass is 484 g/mol. The topological polar surface area (TPSA) is 83.5 Å². The van der Waals surface area contributed by atoms with Gasteiger partial charge in [-0.2, -0.15) is 26.9 Å². The van der Waals surface area contributed by atoms with Crippen molar-refractivity contribution in [1.29, 1.82) is 0 Å². The number of ether oxygens (including phenoxy) is 1. The van der Waals surface area contributed by atoms with Gasteiger partial charge in [-0.3, -0.25) is 4.79 Å². The zero-order valence-electron chi connectivity index (χ0n) is 17.8. The Morgan fingerprint density at radius 3 is 2.68 bits per heavy atom. The Morgan fingerprint density at radius 1 is 1.18 bits per heavy atom. The molecule has 3 aliphatic heterocycles. The van der Waals surface area contributed by atoms with Gasteiger partial charge in [-0.15, -0.1) is 0 Å². The highest BCUT2D eigenvalue weighted by atomic mass is 19.4. The van der Waals surface area contributed by atoms with E-state index in [0.717, 1.165) is 29.7 Å². The van der Waals surface area contributed by atoms with Gasteiger partial charge in [-0.05, 0) is 25.0 Å². The number of anilines is 3. The highest BCUT2D eigenvalue weighted by Gasteiger charge is 2.41. The zero-order valence-corrected chi connectivity index (χ0v) is 17.8. The second-order valence-electron chi connectivity index (χ2n) is 8.60. The van der Waals surface area contributed by atoms with Gasteiger partial charge in [0.2, 0.25) is 5.95 Å². The molecule has 5 heterocycles. The first-order chi connectivity index (χ1) is 16.2. The fourth-order valence-corrected chi connectivity index (χ4v) is 4.65. The zero-order chi connectivity index (χ0) is 24.0. The van der Waals surface area contributed by atoms with Gasteiger partial charge in [-0.25, -0.2) is 9.97 Å². The summed E-state index contributed by atoms with van der Waals surface area (Å²) in [7, 11) is 0. The molecule has 182 valence electrons. The molecule has 1 amide bonds. The van der Waals surface area contributed by atoms with Crippen LogP contribution in [0.5, 0.6) is 0 Å². The van der Waals surface area contributed by atoms with E-state index >= 15 is 0 Å². The van der Waals surface area contributed by atoms with Gasteiger partial charge >= 0.3 is 12.6 Å². The number of carbonyl (C=O) groups is 1. The van der Waals surface area contributed by atoms with E-state index in [-0.39, 0.29) is 42.8 Å². The van der Waals surface area contributed by atoms with Crippen molar-refractivity contribution in [3.05, 3.63) is 35.7 Å². The summed E-state index contributed by atoms with van der Waals surface area (Å²) in [6, 6.07) is 3.40. The molecular formula is C21H21F5N6O2. The minimum atomic E-state index is -4.53. The predicted molar refractivity (Wildman–Crippen MR) is 110 cm³/mol. The molecule has 0 saturated carbocycles. The molecule has 0 aliphatic carbocycles. The van der Waals surface area contributed by atoms with Crippen LogP contribution in [0.2, 0.25) is 0 Å². The first-order valence-corrected chi connectivity index (χ1v) is 10.8. The third kappa shape index (κ3) is 4.48. The van der Waals surface area contributed by atoms with Crippen LogP contribution in [0.15, 0.2) is 24.4 Å². The van der Waals surface area contributed by atoms with Crippen LogP contribution in [0.1, 0.15) is 30.0 Å². The fraction of sp³-hybridized carbons (Fsp3) is 0.524. The third-order valence-electron chi connectivity index (χ3n) is 6.34. The van der Waals surface area contributed by atoms with Crippen LogP contribution >= 0.6 is 0 Å². The molecule has 0 spiro atoms. The van der Waals surface area contributed by atoms with Gasteiger partial charge in [-0.1, -0.05) is 0 Å². The summed E-state index contributed by atoms with van der Waals surface area (Å²) in [6.07, 6.45) is -5.23. The summed E-state index contributed by atoms with van der Waals surface area (Å²) < 4.78 is 70.6. The Labute approximate surface area is 191 Å². The molecule has 13 heteroatoms. The average molecular weight is 484 g/mol. The predicted octanol–water partition coefficient (Wildman–Crippen LogP) is 3.19. The van der Waals surface area contributed by atoms with Crippen molar-refractivity contribution in [2.24, 2.45) is 0 Å². The molecule has 3 saturated heterocycles. The molecule has 3 unspecified atom stereocenters. The molecule has 8 nitrogen and oxygen atoms in total. The lowest BCUT2D eigenvalue weighted by Crippen LogP contribution is -2.38. The van der Waals surface area contributed by atoms with Crippen LogP contribution in [0, 0.1) is 0 Å². The number of halogens is 5. The van der Waals surface area contributed by atoms with E-state index in [1.54, 1.807) is 6.07 Å². The number of fused-ring (bicyclic) bond motifs is 2. The standard InChI is InChI=1S/C21H21F5N6O2/c22-18(23)19(33)31-4-2-11(8-31)15-7-17(29-16-5-12(1-3-27-16)21(24,25)26)30-20(28-15)32-9-14-6-13(32)10-34-14/h1,3,5,7,11,13-14,18H,2,4,6,8-10H2,(H,27,28,29,30). The first kappa shape index (κ1) is 22.7. The maximum atomic E-state index is 13.1. The number of rotatable bonds is 5. The van der Waals surface area contributed by atoms with Crippen molar-refractivity contribution in [2.45, 2.75) is 43.5 Å². The quantitative estimate of drug-likeness (QED) is 0.653. The van der Waals surface area contributed by atoms with Crippen molar-refractivity contribution in [3.8, 4) is 0 Å². The summed E-state index contributed by atoms with van der Waals surface area (Å²) in [5, 5.41) is 2.82. The number of likely N-dealkylation sites (tertiary alicyclic amines) is 1. The number of aromatic nitrogens is 3. The fourth-order valence-electron chi connectivity index (χ4n) is 4.65. The Bertz CT molecular complexity index is 1080. The van der Waals surface area contributed by atoms with Crippen molar-refractivity contribution >= 4 is 23.5 Å². The summed E-state index contributed by atoms with van der Waals surface area (Å²) in [4.78, 5) is 27.9. The average Bonchev–Trinajstić information content (AvgIpc) is 3.55. The van der Waals surface area contributed by atoms with E-state index < -0.39 is 24.1 Å². The molecule has 0 radical (unpaired) electrons. The lowest BCUT2D eigenvalue weighted by Gasteiger charge is -2.28. The second-order valence-corrected chi connectivity index (χ2v) is 8.60. The Kier molecular flexibility index (Phi) is 5.74. The molecule has 3 fully saturated rings. The summed E-state index contributed by atoms with van der Waals surface area (Å²) in [5.41, 5.74) is -0.335. The van der Waals surface area contributed by atoms with Gasteiger partial charge in [0.05, 0.1) is 30.0 Å². The number of carbonyl (C=O) groups excluding carboxylic acids is 1. The van der Waals surface area contributed by atoms with Gasteiger partial charge in [0.25, 0.3) is 5.91 Å². The van der Waals surface area contributed by atoms with Gasteiger partial charge in [0, 0.05) is 37.8 Å². The summed E-state index contributed by atoms with van der Waals surface area (Å²) >= 11 is 0.